The van der Waals surface area contributed by atoms with Crippen LogP contribution in [0.15, 0.2) is 0 Å². The molecule has 2 N–H and O–H groups in total. The number of likely N-dealkylation sites (tertiary alicyclic amines) is 1. The van der Waals surface area contributed by atoms with Crippen LogP contribution < -0.4 is 5.32 Å². The van der Waals surface area contributed by atoms with Crippen molar-refractivity contribution in [3.8, 4) is 0 Å². The maximum atomic E-state index is 11.4. The lowest BCUT2D eigenvalue weighted by molar-refractivity contribution is -0.160. The van der Waals surface area contributed by atoms with E-state index in [1.165, 1.54) is 4.90 Å². The van der Waals surface area contributed by atoms with Gasteiger partial charge in [-0.15, -0.1) is 0 Å². The molecular formula is C11H18N2O4. The molecule has 0 aliphatic carbocycles. The third-order valence-corrected chi connectivity index (χ3v) is 3.48. The van der Waals surface area contributed by atoms with Gasteiger partial charge in [-0.05, 0) is 0 Å². The average Bonchev–Trinajstić information content (AvgIpc) is 2.27. The number of esters is 1. The Bertz CT molecular complexity index is 307. The Morgan fingerprint density at radius 2 is 1.94 bits per heavy atom. The fourth-order valence-corrected chi connectivity index (χ4v) is 2.63. The largest absolute Gasteiger partial charge is 0.465 e. The van der Waals surface area contributed by atoms with Gasteiger partial charge in [-0.2, -0.15) is 0 Å². The van der Waals surface area contributed by atoms with E-state index in [1.807, 2.05) is 0 Å². The molecule has 6 nitrogen and oxygen atoms in total. The Morgan fingerprint density at radius 3 is 2.41 bits per heavy atom. The normalized spacial score (nSPS) is 32.1. The van der Waals surface area contributed by atoms with E-state index >= 15 is 0 Å². The number of amides is 1. The van der Waals surface area contributed by atoms with Crippen molar-refractivity contribution in [3.63, 3.8) is 0 Å². The second-order valence-corrected chi connectivity index (χ2v) is 4.67. The summed E-state index contributed by atoms with van der Waals surface area (Å²) in [5.74, 6) is -0.0427. The lowest BCUT2D eigenvalue weighted by Gasteiger charge is -2.45. The molecule has 2 fully saturated rings. The number of nitrogens with zero attached hydrogens (tertiary/aromatic N) is 1. The van der Waals surface area contributed by atoms with Gasteiger partial charge in [0.25, 0.3) is 0 Å². The summed E-state index contributed by atoms with van der Waals surface area (Å²) in [5.41, 5.74) is 0. The van der Waals surface area contributed by atoms with Crippen molar-refractivity contribution in [2.75, 3.05) is 26.2 Å². The van der Waals surface area contributed by atoms with Gasteiger partial charge in [-0.1, -0.05) is 6.92 Å². The lowest BCUT2D eigenvalue weighted by Crippen LogP contribution is -2.61. The van der Waals surface area contributed by atoms with E-state index in [0.717, 1.165) is 0 Å². The summed E-state index contributed by atoms with van der Waals surface area (Å²) in [4.78, 5) is 23.7. The van der Waals surface area contributed by atoms with Crippen molar-refractivity contribution in [1.29, 1.82) is 0 Å². The summed E-state index contributed by atoms with van der Waals surface area (Å²) in [7, 11) is 0. The van der Waals surface area contributed by atoms with Crippen LogP contribution in [0.1, 0.15) is 13.3 Å². The molecule has 2 bridgehead atoms. The third kappa shape index (κ3) is 2.52. The number of ether oxygens (including phenoxy) is 1. The maximum Gasteiger partial charge on any atom is 0.407 e. The predicted octanol–water partition coefficient (Wildman–Crippen LogP) is 0.137. The van der Waals surface area contributed by atoms with E-state index in [-0.39, 0.29) is 23.9 Å². The van der Waals surface area contributed by atoms with Gasteiger partial charge in [0.15, 0.2) is 0 Å². The highest BCUT2D eigenvalue weighted by Gasteiger charge is 2.43. The van der Waals surface area contributed by atoms with Crippen molar-refractivity contribution in [3.05, 3.63) is 0 Å². The molecule has 2 heterocycles. The number of carbonyl (C=O) groups excluding carboxylic acids is 1. The van der Waals surface area contributed by atoms with Gasteiger partial charge in [-0.25, -0.2) is 4.79 Å². The number of carboxylic acid groups (broad SMARTS) is 1. The fraction of sp³-hybridized carbons (Fsp3) is 0.818. The molecule has 0 aromatic carbocycles. The van der Waals surface area contributed by atoms with Crippen LogP contribution in [0.25, 0.3) is 0 Å². The summed E-state index contributed by atoms with van der Waals surface area (Å²) in [6.45, 7) is 4.08. The Kier molecular flexibility index (Phi) is 3.51. The van der Waals surface area contributed by atoms with Crippen LogP contribution >= 0.6 is 0 Å². The minimum Gasteiger partial charge on any atom is -0.465 e. The lowest BCUT2D eigenvalue weighted by atomic mass is 9.82. The summed E-state index contributed by atoms with van der Waals surface area (Å²) in [6.07, 6.45) is -0.645. The smallest absolute Gasteiger partial charge is 0.407 e. The Labute approximate surface area is 99.9 Å². The van der Waals surface area contributed by atoms with Gasteiger partial charge in [0.1, 0.15) is 6.10 Å². The molecule has 2 rings (SSSR count). The van der Waals surface area contributed by atoms with Crippen LogP contribution in [0, 0.1) is 11.8 Å². The van der Waals surface area contributed by atoms with Crippen LogP contribution in [-0.4, -0.2) is 54.4 Å². The van der Waals surface area contributed by atoms with Gasteiger partial charge >= 0.3 is 12.1 Å². The number of fused-ring (bicyclic) bond motifs is 2. The van der Waals surface area contributed by atoms with Gasteiger partial charge in [-0.3, -0.25) is 4.79 Å². The molecule has 0 radical (unpaired) electrons. The monoisotopic (exact) mass is 242 g/mol. The van der Waals surface area contributed by atoms with Crippen LogP contribution in [0.4, 0.5) is 4.79 Å². The zero-order valence-corrected chi connectivity index (χ0v) is 9.89. The van der Waals surface area contributed by atoms with Crippen LogP contribution in [0.5, 0.6) is 0 Å². The average molecular weight is 242 g/mol. The molecule has 0 saturated carbocycles. The zero-order valence-electron chi connectivity index (χ0n) is 9.89. The van der Waals surface area contributed by atoms with E-state index in [4.69, 9.17) is 9.84 Å². The van der Waals surface area contributed by atoms with Crippen molar-refractivity contribution in [1.82, 2.24) is 10.2 Å². The molecule has 0 aromatic rings. The molecule has 0 aromatic heterocycles. The summed E-state index contributed by atoms with van der Waals surface area (Å²) in [5, 5.41) is 12.3. The Hall–Kier alpha value is -1.30. The van der Waals surface area contributed by atoms with E-state index in [0.29, 0.717) is 32.6 Å². The minimum absolute atomic E-state index is 0.0779. The SMILES string of the molecule is CCC(=O)OC1C2CNCC1CN(C(=O)O)C2. The minimum atomic E-state index is -0.887. The van der Waals surface area contributed by atoms with E-state index < -0.39 is 6.09 Å². The second kappa shape index (κ2) is 4.91. The van der Waals surface area contributed by atoms with Gasteiger partial charge < -0.3 is 20.1 Å². The van der Waals surface area contributed by atoms with Gasteiger partial charge in [0.05, 0.1) is 0 Å². The molecule has 6 heteroatoms. The highest BCUT2D eigenvalue weighted by Crippen LogP contribution is 2.28. The maximum absolute atomic E-state index is 11.4. The van der Waals surface area contributed by atoms with Crippen LogP contribution in [0.2, 0.25) is 0 Å². The van der Waals surface area contributed by atoms with Gasteiger partial charge in [0.2, 0.25) is 0 Å². The number of piperidine rings is 2. The molecule has 2 aliphatic heterocycles. The van der Waals surface area contributed by atoms with Crippen molar-refractivity contribution in [2.24, 2.45) is 11.8 Å². The number of rotatable bonds is 2. The highest BCUT2D eigenvalue weighted by molar-refractivity contribution is 5.69. The first-order valence-corrected chi connectivity index (χ1v) is 6.00. The second-order valence-electron chi connectivity index (χ2n) is 4.67. The number of hydrogen-bond acceptors (Lipinski definition) is 4. The van der Waals surface area contributed by atoms with E-state index in [1.54, 1.807) is 6.92 Å². The molecule has 0 spiro atoms. The molecule has 96 valence electrons. The third-order valence-electron chi connectivity index (χ3n) is 3.48. The topological polar surface area (TPSA) is 78.9 Å². The molecule has 2 unspecified atom stereocenters. The molecule has 1 amide bonds. The van der Waals surface area contributed by atoms with Crippen molar-refractivity contribution in [2.45, 2.75) is 19.4 Å². The van der Waals surface area contributed by atoms with Gasteiger partial charge in [0, 0.05) is 44.4 Å². The zero-order chi connectivity index (χ0) is 12.4. The standard InChI is InChI=1S/C11H18N2O4/c1-2-9(14)17-10-7-3-12-4-8(10)6-13(5-7)11(15)16/h7-8,10,12H,2-6H2,1H3,(H,15,16). The highest BCUT2D eigenvalue weighted by atomic mass is 16.5. The van der Waals surface area contributed by atoms with Crippen LogP contribution in [0.3, 0.4) is 0 Å². The first kappa shape index (κ1) is 12.2. The first-order valence-electron chi connectivity index (χ1n) is 6.00. The number of nitrogens with one attached hydrogen (secondary N) is 1. The first-order chi connectivity index (χ1) is 8.11. The molecular weight excluding hydrogens is 224 g/mol. The Balaban J connectivity index is 2.04. The molecule has 2 aliphatic rings. The number of hydrogen-bond donors (Lipinski definition) is 2. The van der Waals surface area contributed by atoms with Crippen molar-refractivity contribution >= 4 is 12.1 Å². The molecule has 2 saturated heterocycles. The summed E-state index contributed by atoms with van der Waals surface area (Å²) < 4.78 is 5.44. The molecule has 17 heavy (non-hydrogen) atoms. The Morgan fingerprint density at radius 1 is 1.35 bits per heavy atom. The van der Waals surface area contributed by atoms with E-state index in [9.17, 15) is 9.59 Å². The molecule has 2 atom stereocenters. The van der Waals surface area contributed by atoms with Crippen LogP contribution in [-0.2, 0) is 9.53 Å². The number of carbonyl (C=O) groups is 2. The summed E-state index contributed by atoms with van der Waals surface area (Å²) >= 11 is 0. The quantitative estimate of drug-likeness (QED) is 0.673. The fourth-order valence-electron chi connectivity index (χ4n) is 2.63. The summed E-state index contributed by atoms with van der Waals surface area (Å²) in [6, 6.07) is 0. The van der Waals surface area contributed by atoms with Crippen molar-refractivity contribution < 1.29 is 19.4 Å². The van der Waals surface area contributed by atoms with E-state index in [2.05, 4.69) is 5.32 Å². The predicted molar refractivity (Wildman–Crippen MR) is 59.6 cm³/mol.